The van der Waals surface area contributed by atoms with E-state index < -0.39 is 10.0 Å². The highest BCUT2D eigenvalue weighted by Gasteiger charge is 2.32. The molecule has 2 aromatic carbocycles. The summed E-state index contributed by atoms with van der Waals surface area (Å²) in [5.74, 6) is -0.833. The van der Waals surface area contributed by atoms with Crippen molar-refractivity contribution >= 4 is 49.2 Å². The van der Waals surface area contributed by atoms with Crippen molar-refractivity contribution in [3.63, 3.8) is 0 Å². The minimum absolute atomic E-state index is 0.0452. The van der Waals surface area contributed by atoms with Crippen LogP contribution in [0.3, 0.4) is 0 Å². The molecule has 0 saturated carbocycles. The van der Waals surface area contributed by atoms with Crippen LogP contribution >= 0.6 is 15.9 Å². The summed E-state index contributed by atoms with van der Waals surface area (Å²) in [6.45, 7) is 4.11. The number of halogens is 1. The third-order valence-electron chi connectivity index (χ3n) is 5.38. The van der Waals surface area contributed by atoms with E-state index in [1.54, 1.807) is 43.3 Å². The van der Waals surface area contributed by atoms with Gasteiger partial charge < -0.3 is 5.32 Å². The molecule has 3 rings (SSSR count). The predicted octanol–water partition coefficient (Wildman–Crippen LogP) is 3.68. The molecular weight excluding hydrogens is 508 g/mol. The van der Waals surface area contributed by atoms with Gasteiger partial charge in [0.2, 0.25) is 21.8 Å². The van der Waals surface area contributed by atoms with E-state index in [1.165, 1.54) is 4.31 Å². The van der Waals surface area contributed by atoms with Crippen molar-refractivity contribution in [3.05, 3.63) is 58.6 Å². The fraction of sp³-hybridized carbons (Fsp3) is 0.348. The number of hydrogen-bond acceptors (Lipinski definition) is 5. The molecule has 0 aliphatic carbocycles. The number of sulfonamides is 1. The molecule has 0 radical (unpaired) electrons. The van der Waals surface area contributed by atoms with Gasteiger partial charge in [0.25, 0.3) is 0 Å². The number of hydrogen-bond donors (Lipinski definition) is 2. The summed E-state index contributed by atoms with van der Waals surface area (Å²) in [5.41, 5.74) is 4.65. The first-order valence-electron chi connectivity index (χ1n) is 10.6. The molecule has 0 unspecified atom stereocenters. The minimum atomic E-state index is -3.57. The zero-order chi connectivity index (χ0) is 24.0. The first kappa shape index (κ1) is 25.1. The SMILES string of the molecule is C/C(CC(=O)Nc1ccc(Br)cc1)=N/NC(=O)C1CCN(S(=O)(=O)c2ccc(C)cc2)CC1. The van der Waals surface area contributed by atoms with Gasteiger partial charge in [-0.3, -0.25) is 9.59 Å². The minimum Gasteiger partial charge on any atom is -0.326 e. The molecule has 1 aliphatic heterocycles. The van der Waals surface area contributed by atoms with E-state index >= 15 is 0 Å². The Kier molecular flexibility index (Phi) is 8.39. The highest BCUT2D eigenvalue weighted by atomic mass is 79.9. The summed E-state index contributed by atoms with van der Waals surface area (Å²) >= 11 is 3.34. The van der Waals surface area contributed by atoms with Gasteiger partial charge in [-0.1, -0.05) is 33.6 Å². The Morgan fingerprint density at radius 3 is 2.27 bits per heavy atom. The smallest absolute Gasteiger partial charge is 0.243 e. The first-order chi connectivity index (χ1) is 15.6. The molecule has 8 nitrogen and oxygen atoms in total. The Morgan fingerprint density at radius 2 is 1.67 bits per heavy atom. The van der Waals surface area contributed by atoms with Crippen molar-refractivity contribution in [1.29, 1.82) is 0 Å². The van der Waals surface area contributed by atoms with Gasteiger partial charge in [-0.05, 0) is 63.1 Å². The fourth-order valence-electron chi connectivity index (χ4n) is 3.47. The Labute approximate surface area is 202 Å². The Hall–Kier alpha value is -2.56. The highest BCUT2D eigenvalue weighted by molar-refractivity contribution is 9.10. The molecule has 2 amide bonds. The molecule has 10 heteroatoms. The van der Waals surface area contributed by atoms with E-state index in [4.69, 9.17) is 0 Å². The van der Waals surface area contributed by atoms with Gasteiger partial charge in [-0.2, -0.15) is 9.41 Å². The first-order valence-corrected chi connectivity index (χ1v) is 12.8. The van der Waals surface area contributed by atoms with E-state index in [-0.39, 0.29) is 42.1 Å². The van der Waals surface area contributed by atoms with E-state index in [2.05, 4.69) is 31.8 Å². The van der Waals surface area contributed by atoms with Crippen molar-refractivity contribution in [2.24, 2.45) is 11.0 Å². The molecule has 176 valence electrons. The van der Waals surface area contributed by atoms with Crippen molar-refractivity contribution < 1.29 is 18.0 Å². The average molecular weight is 535 g/mol. The topological polar surface area (TPSA) is 108 Å². The van der Waals surface area contributed by atoms with Gasteiger partial charge in [0, 0.05) is 34.9 Å². The van der Waals surface area contributed by atoms with E-state index in [9.17, 15) is 18.0 Å². The molecular formula is C23H27BrN4O4S. The molecule has 0 spiro atoms. The number of piperidine rings is 1. The van der Waals surface area contributed by atoms with Crippen LogP contribution in [0.25, 0.3) is 0 Å². The molecule has 1 heterocycles. The highest BCUT2D eigenvalue weighted by Crippen LogP contribution is 2.24. The van der Waals surface area contributed by atoms with Gasteiger partial charge in [0.1, 0.15) is 0 Å². The third kappa shape index (κ3) is 6.96. The fourth-order valence-corrected chi connectivity index (χ4v) is 5.20. The van der Waals surface area contributed by atoms with Crippen LogP contribution in [0.5, 0.6) is 0 Å². The summed E-state index contributed by atoms with van der Waals surface area (Å²) < 4.78 is 27.9. The summed E-state index contributed by atoms with van der Waals surface area (Å²) in [5, 5.41) is 6.81. The largest absolute Gasteiger partial charge is 0.326 e. The maximum Gasteiger partial charge on any atom is 0.243 e. The van der Waals surface area contributed by atoms with Crippen LogP contribution in [0.2, 0.25) is 0 Å². The van der Waals surface area contributed by atoms with Crippen LogP contribution in [-0.4, -0.2) is 43.3 Å². The molecule has 0 aromatic heterocycles. The lowest BCUT2D eigenvalue weighted by Gasteiger charge is -2.30. The lowest BCUT2D eigenvalue weighted by atomic mass is 9.98. The third-order valence-corrected chi connectivity index (χ3v) is 7.83. The van der Waals surface area contributed by atoms with Crippen molar-refractivity contribution in [1.82, 2.24) is 9.73 Å². The summed E-state index contributed by atoms with van der Waals surface area (Å²) in [4.78, 5) is 24.9. The number of carbonyl (C=O) groups is 2. The second-order valence-electron chi connectivity index (χ2n) is 8.05. The van der Waals surface area contributed by atoms with Crippen LogP contribution in [0.15, 0.2) is 63.0 Å². The quantitative estimate of drug-likeness (QED) is 0.417. The normalized spacial score (nSPS) is 15.8. The van der Waals surface area contributed by atoms with Crippen LogP contribution < -0.4 is 10.7 Å². The van der Waals surface area contributed by atoms with E-state index in [1.807, 2.05) is 19.1 Å². The number of benzene rings is 2. The molecule has 0 atom stereocenters. The second-order valence-corrected chi connectivity index (χ2v) is 10.9. The number of anilines is 1. The Bertz CT molecular complexity index is 1120. The van der Waals surface area contributed by atoms with Crippen LogP contribution in [-0.2, 0) is 19.6 Å². The zero-order valence-corrected chi connectivity index (χ0v) is 20.9. The maximum atomic E-state index is 12.8. The molecule has 1 saturated heterocycles. The Morgan fingerprint density at radius 1 is 1.06 bits per heavy atom. The number of amides is 2. The number of carbonyl (C=O) groups excluding carboxylic acids is 2. The Balaban J connectivity index is 1.47. The molecule has 0 bridgehead atoms. The van der Waals surface area contributed by atoms with Crippen LogP contribution in [0.4, 0.5) is 5.69 Å². The number of nitrogens with one attached hydrogen (secondary N) is 2. The predicted molar refractivity (Wildman–Crippen MR) is 131 cm³/mol. The van der Waals surface area contributed by atoms with Crippen molar-refractivity contribution in [2.45, 2.75) is 38.0 Å². The summed E-state index contributed by atoms with van der Waals surface area (Å²) in [7, 11) is -3.57. The molecule has 2 N–H and O–H groups in total. The lowest BCUT2D eigenvalue weighted by molar-refractivity contribution is -0.126. The molecule has 2 aromatic rings. The number of hydrazone groups is 1. The number of nitrogens with zero attached hydrogens (tertiary/aromatic N) is 2. The van der Waals surface area contributed by atoms with Gasteiger partial charge in [-0.15, -0.1) is 0 Å². The maximum absolute atomic E-state index is 12.8. The standard InChI is InChI=1S/C23H27BrN4O4S/c1-16-3-9-21(10-4-16)33(31,32)28-13-11-18(12-14-28)23(30)27-26-17(2)15-22(29)25-20-7-5-19(24)6-8-20/h3-10,18H,11-15H2,1-2H3,(H,25,29)(H,27,30)/b26-17-. The number of aryl methyl sites for hydroxylation is 1. The van der Waals surface area contributed by atoms with E-state index in [0.29, 0.717) is 24.2 Å². The average Bonchev–Trinajstić information content (AvgIpc) is 2.79. The number of rotatable bonds is 7. The van der Waals surface area contributed by atoms with Crippen molar-refractivity contribution in [3.8, 4) is 0 Å². The second kappa shape index (κ2) is 11.0. The lowest BCUT2D eigenvalue weighted by Crippen LogP contribution is -2.42. The molecule has 33 heavy (non-hydrogen) atoms. The molecule has 1 aliphatic rings. The summed E-state index contributed by atoms with van der Waals surface area (Å²) in [6.07, 6.45) is 0.870. The van der Waals surface area contributed by atoms with Gasteiger partial charge in [0.15, 0.2) is 0 Å². The van der Waals surface area contributed by atoms with Gasteiger partial charge in [-0.25, -0.2) is 13.8 Å². The van der Waals surface area contributed by atoms with Gasteiger partial charge >= 0.3 is 0 Å². The van der Waals surface area contributed by atoms with Crippen LogP contribution in [0.1, 0.15) is 31.7 Å². The molecule has 1 fully saturated rings. The van der Waals surface area contributed by atoms with Crippen molar-refractivity contribution in [2.75, 3.05) is 18.4 Å². The monoisotopic (exact) mass is 534 g/mol. The van der Waals surface area contributed by atoms with Gasteiger partial charge in [0.05, 0.1) is 11.3 Å². The zero-order valence-electron chi connectivity index (χ0n) is 18.5. The van der Waals surface area contributed by atoms with Crippen LogP contribution in [0, 0.1) is 12.8 Å². The summed E-state index contributed by atoms with van der Waals surface area (Å²) in [6, 6.07) is 14.0. The van der Waals surface area contributed by atoms with E-state index in [0.717, 1.165) is 10.0 Å².